The monoisotopic (exact) mass is 332 g/mol. The smallest absolute Gasteiger partial charge is 0.253 e. The summed E-state index contributed by atoms with van der Waals surface area (Å²) in [5, 5.41) is 8.75. The zero-order valence-electron chi connectivity index (χ0n) is 12.8. The van der Waals surface area contributed by atoms with Crippen LogP contribution < -0.4 is 9.64 Å². The van der Waals surface area contributed by atoms with Gasteiger partial charge in [-0.25, -0.2) is 0 Å². The van der Waals surface area contributed by atoms with Crippen molar-refractivity contribution in [1.82, 2.24) is 15.1 Å². The van der Waals surface area contributed by atoms with E-state index in [1.165, 1.54) is 0 Å². The summed E-state index contributed by atoms with van der Waals surface area (Å²) in [6.07, 6.45) is 0. The minimum atomic E-state index is 0.0298. The van der Waals surface area contributed by atoms with Gasteiger partial charge < -0.3 is 14.5 Å². The molecule has 0 bridgehead atoms. The summed E-state index contributed by atoms with van der Waals surface area (Å²) in [4.78, 5) is 16.4. The molecule has 0 N–H and O–H groups in total. The molecule has 1 aromatic carbocycles. The maximum atomic E-state index is 12.5. The third-order valence-electron chi connectivity index (χ3n) is 3.82. The molecule has 6 nitrogen and oxygen atoms in total. The number of aromatic nitrogens is 2. The van der Waals surface area contributed by atoms with E-state index in [1.54, 1.807) is 37.4 Å². The number of hydrogen-bond acceptors (Lipinski definition) is 5. The van der Waals surface area contributed by atoms with Gasteiger partial charge in [0, 0.05) is 42.8 Å². The average Bonchev–Trinajstić information content (AvgIpc) is 2.62. The number of methoxy groups -OCH3 is 1. The van der Waals surface area contributed by atoms with Crippen molar-refractivity contribution < 1.29 is 9.53 Å². The Balaban J connectivity index is 1.61. The largest absolute Gasteiger partial charge is 0.480 e. The first kappa shape index (κ1) is 15.6. The van der Waals surface area contributed by atoms with Crippen LogP contribution in [0.4, 0.5) is 5.82 Å². The highest BCUT2D eigenvalue weighted by molar-refractivity contribution is 6.30. The lowest BCUT2D eigenvalue weighted by Gasteiger charge is -2.35. The van der Waals surface area contributed by atoms with Crippen molar-refractivity contribution in [3.8, 4) is 5.88 Å². The van der Waals surface area contributed by atoms with E-state index in [0.29, 0.717) is 29.6 Å². The van der Waals surface area contributed by atoms with Crippen molar-refractivity contribution in [3.63, 3.8) is 0 Å². The zero-order valence-corrected chi connectivity index (χ0v) is 13.5. The molecule has 2 heterocycles. The fraction of sp³-hybridized carbons (Fsp3) is 0.312. The minimum absolute atomic E-state index is 0.0298. The van der Waals surface area contributed by atoms with Crippen LogP contribution in [-0.2, 0) is 0 Å². The number of carbonyl (C=O) groups is 1. The molecule has 1 fully saturated rings. The van der Waals surface area contributed by atoms with E-state index in [2.05, 4.69) is 15.1 Å². The molecule has 1 aliphatic heterocycles. The second kappa shape index (κ2) is 6.83. The van der Waals surface area contributed by atoms with Gasteiger partial charge >= 0.3 is 0 Å². The summed E-state index contributed by atoms with van der Waals surface area (Å²) in [6.45, 7) is 2.74. The molecule has 120 valence electrons. The average molecular weight is 333 g/mol. The second-order valence-corrected chi connectivity index (χ2v) is 5.66. The number of benzene rings is 1. The van der Waals surface area contributed by atoms with Crippen LogP contribution in [0.3, 0.4) is 0 Å². The molecule has 0 aliphatic carbocycles. The number of nitrogens with zero attached hydrogens (tertiary/aromatic N) is 4. The van der Waals surface area contributed by atoms with E-state index < -0.39 is 0 Å². The van der Waals surface area contributed by atoms with Crippen LogP contribution in [0.15, 0.2) is 36.4 Å². The summed E-state index contributed by atoms with van der Waals surface area (Å²) in [6, 6.07) is 10.6. The Morgan fingerprint density at radius 2 is 1.74 bits per heavy atom. The normalized spacial score (nSPS) is 14.7. The first-order valence-corrected chi connectivity index (χ1v) is 7.72. The molecule has 2 aromatic rings. The number of halogens is 1. The van der Waals surface area contributed by atoms with Crippen LogP contribution in [0.1, 0.15) is 10.4 Å². The molecule has 1 aliphatic rings. The molecular weight excluding hydrogens is 316 g/mol. The van der Waals surface area contributed by atoms with E-state index in [9.17, 15) is 4.79 Å². The van der Waals surface area contributed by atoms with Crippen LogP contribution in [-0.4, -0.2) is 54.3 Å². The topological polar surface area (TPSA) is 58.6 Å². The zero-order chi connectivity index (χ0) is 16.2. The van der Waals surface area contributed by atoms with Crippen LogP contribution in [0, 0.1) is 0 Å². The van der Waals surface area contributed by atoms with Crippen molar-refractivity contribution in [2.75, 3.05) is 38.2 Å². The number of rotatable bonds is 3. The highest BCUT2D eigenvalue weighted by Crippen LogP contribution is 2.17. The lowest BCUT2D eigenvalue weighted by molar-refractivity contribution is 0.0746. The molecule has 1 aromatic heterocycles. The van der Waals surface area contributed by atoms with Crippen LogP contribution in [0.2, 0.25) is 5.02 Å². The second-order valence-electron chi connectivity index (χ2n) is 5.22. The van der Waals surface area contributed by atoms with Crippen molar-refractivity contribution in [2.45, 2.75) is 0 Å². The van der Waals surface area contributed by atoms with Gasteiger partial charge in [0.05, 0.1) is 7.11 Å². The Kier molecular flexibility index (Phi) is 4.62. The van der Waals surface area contributed by atoms with Gasteiger partial charge in [0.25, 0.3) is 5.91 Å². The van der Waals surface area contributed by atoms with E-state index in [0.717, 1.165) is 18.9 Å². The number of carbonyl (C=O) groups excluding carboxylic acids is 1. The number of ether oxygens (including phenoxy) is 1. The highest BCUT2D eigenvalue weighted by atomic mass is 35.5. The molecule has 0 unspecified atom stereocenters. The Morgan fingerprint density at radius 3 is 2.30 bits per heavy atom. The summed E-state index contributed by atoms with van der Waals surface area (Å²) in [5.41, 5.74) is 0.659. The molecule has 23 heavy (non-hydrogen) atoms. The Hall–Kier alpha value is -2.34. The Bertz CT molecular complexity index is 667. The minimum Gasteiger partial charge on any atom is -0.480 e. The quantitative estimate of drug-likeness (QED) is 0.861. The van der Waals surface area contributed by atoms with Gasteiger partial charge in [-0.15, -0.1) is 10.2 Å². The van der Waals surface area contributed by atoms with E-state index in [-0.39, 0.29) is 5.91 Å². The first-order chi connectivity index (χ1) is 11.2. The van der Waals surface area contributed by atoms with Crippen molar-refractivity contribution >= 4 is 23.3 Å². The first-order valence-electron chi connectivity index (χ1n) is 7.35. The van der Waals surface area contributed by atoms with Crippen molar-refractivity contribution in [2.24, 2.45) is 0 Å². The standard InChI is InChI=1S/C16H17ClN4O2/c1-23-15-7-6-14(18-19-15)20-8-10-21(11-9-20)16(22)12-2-4-13(17)5-3-12/h2-7H,8-11H2,1H3. The van der Waals surface area contributed by atoms with Crippen molar-refractivity contribution in [3.05, 3.63) is 47.0 Å². The number of amides is 1. The van der Waals surface area contributed by atoms with Gasteiger partial charge in [-0.05, 0) is 30.3 Å². The predicted molar refractivity (Wildman–Crippen MR) is 88.2 cm³/mol. The fourth-order valence-electron chi connectivity index (χ4n) is 2.50. The molecule has 0 spiro atoms. The van der Waals surface area contributed by atoms with E-state index in [4.69, 9.17) is 16.3 Å². The summed E-state index contributed by atoms with van der Waals surface area (Å²) in [5.74, 6) is 1.32. The Morgan fingerprint density at radius 1 is 1.04 bits per heavy atom. The maximum Gasteiger partial charge on any atom is 0.253 e. The Labute approximate surface area is 139 Å². The lowest BCUT2D eigenvalue weighted by atomic mass is 10.2. The highest BCUT2D eigenvalue weighted by Gasteiger charge is 2.23. The molecule has 0 atom stereocenters. The summed E-state index contributed by atoms with van der Waals surface area (Å²) >= 11 is 5.86. The lowest BCUT2D eigenvalue weighted by Crippen LogP contribution is -2.49. The number of anilines is 1. The number of hydrogen-bond donors (Lipinski definition) is 0. The molecule has 7 heteroatoms. The third-order valence-corrected chi connectivity index (χ3v) is 4.07. The van der Waals surface area contributed by atoms with Crippen molar-refractivity contribution in [1.29, 1.82) is 0 Å². The number of piperazine rings is 1. The van der Waals surface area contributed by atoms with Crippen LogP contribution >= 0.6 is 11.6 Å². The van der Waals surface area contributed by atoms with E-state index in [1.807, 2.05) is 11.0 Å². The molecular formula is C16H17ClN4O2. The summed E-state index contributed by atoms with van der Waals surface area (Å²) in [7, 11) is 1.56. The van der Waals surface area contributed by atoms with Gasteiger partial charge in [0.15, 0.2) is 5.82 Å². The molecule has 0 radical (unpaired) electrons. The molecule has 1 amide bonds. The van der Waals surface area contributed by atoms with Gasteiger partial charge in [0.1, 0.15) is 0 Å². The SMILES string of the molecule is COc1ccc(N2CCN(C(=O)c3ccc(Cl)cc3)CC2)nn1. The van der Waals surface area contributed by atoms with E-state index >= 15 is 0 Å². The van der Waals surface area contributed by atoms with Gasteiger partial charge in [-0.1, -0.05) is 11.6 Å². The van der Waals surface area contributed by atoms with Gasteiger partial charge in [-0.2, -0.15) is 0 Å². The maximum absolute atomic E-state index is 12.5. The van der Waals surface area contributed by atoms with Crippen LogP contribution in [0.25, 0.3) is 0 Å². The third kappa shape index (κ3) is 3.53. The molecule has 1 saturated heterocycles. The predicted octanol–water partition coefficient (Wildman–Crippen LogP) is 2.10. The molecule has 0 saturated carbocycles. The van der Waals surface area contributed by atoms with Crippen LogP contribution in [0.5, 0.6) is 5.88 Å². The summed E-state index contributed by atoms with van der Waals surface area (Å²) < 4.78 is 5.01. The molecule has 3 rings (SSSR count). The van der Waals surface area contributed by atoms with Gasteiger partial charge in [0.2, 0.25) is 5.88 Å². The van der Waals surface area contributed by atoms with Gasteiger partial charge in [-0.3, -0.25) is 4.79 Å². The fourth-order valence-corrected chi connectivity index (χ4v) is 2.63.